The number of hydrogen-bond donors (Lipinski definition) is 0. The van der Waals surface area contributed by atoms with Crippen LogP contribution >= 0.6 is 0 Å². The topological polar surface area (TPSA) is 74.0 Å². The lowest BCUT2D eigenvalue weighted by atomic mass is 10.1. The number of likely N-dealkylation sites (tertiary alicyclic amines) is 1. The molecule has 1 atom stereocenters. The zero-order valence-electron chi connectivity index (χ0n) is 19.4. The molecule has 0 aliphatic carbocycles. The van der Waals surface area contributed by atoms with E-state index < -0.39 is 0 Å². The maximum absolute atomic E-state index is 13.4. The van der Waals surface area contributed by atoms with E-state index in [1.165, 1.54) is 0 Å². The van der Waals surface area contributed by atoms with Gasteiger partial charge in [0.2, 0.25) is 5.89 Å². The number of hydrogen-bond acceptors (Lipinski definition) is 6. The van der Waals surface area contributed by atoms with Crippen LogP contribution in [0.3, 0.4) is 0 Å². The number of nitrogens with zero attached hydrogens (tertiary/aromatic N) is 2. The minimum Gasteiger partial charge on any atom is -0.497 e. The zero-order valence-corrected chi connectivity index (χ0v) is 19.4. The summed E-state index contributed by atoms with van der Waals surface area (Å²) >= 11 is 0. The summed E-state index contributed by atoms with van der Waals surface area (Å²) in [6, 6.07) is 18.8. The van der Waals surface area contributed by atoms with Gasteiger partial charge < -0.3 is 23.5 Å². The van der Waals surface area contributed by atoms with Gasteiger partial charge in [0.25, 0.3) is 5.91 Å². The maximum Gasteiger partial charge on any atom is 0.254 e. The van der Waals surface area contributed by atoms with E-state index in [2.05, 4.69) is 0 Å². The number of oxazole rings is 1. The summed E-state index contributed by atoms with van der Waals surface area (Å²) in [7, 11) is 4.79. The number of amides is 1. The summed E-state index contributed by atoms with van der Waals surface area (Å²) < 4.78 is 22.1. The highest BCUT2D eigenvalue weighted by atomic mass is 16.5. The Bertz CT molecular complexity index is 1320. The molecule has 1 aliphatic rings. The minimum absolute atomic E-state index is 0.0981. The molecular formula is C27H26N2O5. The first-order valence-electron chi connectivity index (χ1n) is 11.2. The van der Waals surface area contributed by atoms with E-state index >= 15 is 0 Å². The van der Waals surface area contributed by atoms with Crippen LogP contribution in [0.1, 0.15) is 35.1 Å². The summed E-state index contributed by atoms with van der Waals surface area (Å²) in [4.78, 5) is 20.0. The molecule has 7 heteroatoms. The van der Waals surface area contributed by atoms with Crippen molar-refractivity contribution in [3.05, 3.63) is 72.1 Å². The lowest BCUT2D eigenvalue weighted by Crippen LogP contribution is -2.30. The van der Waals surface area contributed by atoms with Gasteiger partial charge in [0.05, 0.1) is 21.3 Å². The Labute approximate surface area is 197 Å². The van der Waals surface area contributed by atoms with Crippen LogP contribution in [0, 0.1) is 0 Å². The number of methoxy groups -OCH3 is 3. The van der Waals surface area contributed by atoms with Gasteiger partial charge in [0.1, 0.15) is 28.8 Å². The normalized spacial score (nSPS) is 15.5. The minimum atomic E-state index is -0.225. The van der Waals surface area contributed by atoms with Crippen LogP contribution in [0.2, 0.25) is 0 Å². The van der Waals surface area contributed by atoms with Gasteiger partial charge in [-0.05, 0) is 60.4 Å². The Balaban J connectivity index is 1.45. The third-order valence-corrected chi connectivity index (χ3v) is 6.20. The van der Waals surface area contributed by atoms with Crippen molar-refractivity contribution in [2.75, 3.05) is 27.9 Å². The highest BCUT2D eigenvalue weighted by Gasteiger charge is 2.34. The third kappa shape index (κ3) is 4.05. The maximum atomic E-state index is 13.4. The van der Waals surface area contributed by atoms with Gasteiger partial charge >= 0.3 is 0 Å². The molecular weight excluding hydrogens is 432 g/mol. The van der Waals surface area contributed by atoms with Gasteiger partial charge in [-0.15, -0.1) is 0 Å². The molecule has 0 bridgehead atoms. The van der Waals surface area contributed by atoms with E-state index in [0.717, 1.165) is 35.2 Å². The van der Waals surface area contributed by atoms with Crippen molar-refractivity contribution in [3.63, 3.8) is 0 Å². The highest BCUT2D eigenvalue weighted by Crippen LogP contribution is 2.36. The Morgan fingerprint density at radius 2 is 1.65 bits per heavy atom. The molecule has 1 amide bonds. The molecule has 0 saturated carbocycles. The molecule has 1 unspecified atom stereocenters. The molecule has 1 fully saturated rings. The van der Waals surface area contributed by atoms with Crippen LogP contribution in [0.5, 0.6) is 17.2 Å². The van der Waals surface area contributed by atoms with Crippen molar-refractivity contribution >= 4 is 17.0 Å². The van der Waals surface area contributed by atoms with E-state index in [1.54, 1.807) is 39.5 Å². The van der Waals surface area contributed by atoms with Crippen molar-refractivity contribution in [3.8, 4) is 28.4 Å². The molecule has 4 aromatic rings. The number of ether oxygens (including phenoxy) is 3. The largest absolute Gasteiger partial charge is 0.497 e. The Hall–Kier alpha value is -4.00. The lowest BCUT2D eigenvalue weighted by molar-refractivity contribution is 0.0716. The summed E-state index contributed by atoms with van der Waals surface area (Å²) in [5.41, 5.74) is 4.03. The van der Waals surface area contributed by atoms with E-state index in [-0.39, 0.29) is 11.9 Å². The summed E-state index contributed by atoms with van der Waals surface area (Å²) in [6.45, 7) is 0.636. The number of aromatic nitrogens is 1. The van der Waals surface area contributed by atoms with Crippen LogP contribution in [-0.4, -0.2) is 43.7 Å². The summed E-state index contributed by atoms with van der Waals surface area (Å²) in [5.74, 6) is 2.40. The van der Waals surface area contributed by atoms with Gasteiger partial charge in [-0.1, -0.05) is 18.2 Å². The predicted molar refractivity (Wildman–Crippen MR) is 129 cm³/mol. The molecule has 1 aliphatic heterocycles. The molecule has 3 aromatic carbocycles. The fraction of sp³-hybridized carbons (Fsp3) is 0.259. The Morgan fingerprint density at radius 1 is 0.912 bits per heavy atom. The van der Waals surface area contributed by atoms with E-state index in [1.807, 2.05) is 47.4 Å². The molecule has 2 heterocycles. The second kappa shape index (κ2) is 9.09. The van der Waals surface area contributed by atoms with Gasteiger partial charge in [0.15, 0.2) is 5.58 Å². The van der Waals surface area contributed by atoms with Crippen molar-refractivity contribution < 1.29 is 23.4 Å². The van der Waals surface area contributed by atoms with Crippen molar-refractivity contribution in [2.45, 2.75) is 18.9 Å². The number of benzene rings is 3. The number of rotatable bonds is 6. The summed E-state index contributed by atoms with van der Waals surface area (Å²) in [5, 5.41) is 0. The van der Waals surface area contributed by atoms with Gasteiger partial charge in [-0.25, -0.2) is 4.98 Å². The van der Waals surface area contributed by atoms with E-state index in [0.29, 0.717) is 35.1 Å². The SMILES string of the molecule is COc1cc(OC)cc(C(=O)N2CCCC2c2nc3cc(-c4cccc(OC)c4)ccc3o2)c1. The Kier molecular flexibility index (Phi) is 5.84. The highest BCUT2D eigenvalue weighted by molar-refractivity contribution is 5.95. The molecule has 7 nitrogen and oxygen atoms in total. The van der Waals surface area contributed by atoms with E-state index in [9.17, 15) is 4.79 Å². The molecule has 1 aromatic heterocycles. The lowest BCUT2D eigenvalue weighted by Gasteiger charge is -2.22. The molecule has 0 spiro atoms. The first kappa shape index (κ1) is 21.8. The molecule has 5 rings (SSSR count). The van der Waals surface area contributed by atoms with Gasteiger partial charge in [0, 0.05) is 18.2 Å². The number of fused-ring (bicyclic) bond motifs is 1. The monoisotopic (exact) mass is 458 g/mol. The van der Waals surface area contributed by atoms with Crippen LogP contribution in [0.15, 0.2) is 65.1 Å². The first-order chi connectivity index (χ1) is 16.6. The zero-order chi connectivity index (χ0) is 23.7. The standard InChI is InChI=1S/C27H26N2O5/c1-31-20-7-4-6-17(12-20)18-9-10-25-23(15-18)28-26(34-25)24-8-5-11-29(24)27(30)19-13-21(32-2)16-22(14-19)33-3/h4,6-7,9-10,12-16,24H,5,8,11H2,1-3H3. The fourth-order valence-corrected chi connectivity index (χ4v) is 4.43. The number of carbonyl (C=O) groups excluding carboxylic acids is 1. The van der Waals surface area contributed by atoms with Gasteiger partial charge in [-0.3, -0.25) is 4.79 Å². The predicted octanol–water partition coefficient (Wildman–Crippen LogP) is 5.50. The van der Waals surface area contributed by atoms with Crippen LogP contribution in [-0.2, 0) is 0 Å². The van der Waals surface area contributed by atoms with Crippen molar-refractivity contribution in [1.82, 2.24) is 9.88 Å². The molecule has 0 radical (unpaired) electrons. The molecule has 34 heavy (non-hydrogen) atoms. The average molecular weight is 459 g/mol. The third-order valence-electron chi connectivity index (χ3n) is 6.20. The first-order valence-corrected chi connectivity index (χ1v) is 11.2. The quantitative estimate of drug-likeness (QED) is 0.380. The number of carbonyl (C=O) groups is 1. The second-order valence-corrected chi connectivity index (χ2v) is 8.22. The van der Waals surface area contributed by atoms with Crippen molar-refractivity contribution in [1.29, 1.82) is 0 Å². The summed E-state index contributed by atoms with van der Waals surface area (Å²) in [6.07, 6.45) is 1.67. The second-order valence-electron chi connectivity index (χ2n) is 8.22. The molecule has 0 N–H and O–H groups in total. The molecule has 1 saturated heterocycles. The van der Waals surface area contributed by atoms with Crippen molar-refractivity contribution in [2.24, 2.45) is 0 Å². The molecule has 174 valence electrons. The van der Waals surface area contributed by atoms with Crippen LogP contribution in [0.4, 0.5) is 0 Å². The fourth-order valence-electron chi connectivity index (χ4n) is 4.43. The van der Waals surface area contributed by atoms with Crippen LogP contribution in [0.25, 0.3) is 22.2 Å². The van der Waals surface area contributed by atoms with Crippen LogP contribution < -0.4 is 14.2 Å². The van der Waals surface area contributed by atoms with Gasteiger partial charge in [-0.2, -0.15) is 0 Å². The average Bonchev–Trinajstić information content (AvgIpc) is 3.54. The van der Waals surface area contributed by atoms with E-state index in [4.69, 9.17) is 23.6 Å². The Morgan fingerprint density at radius 3 is 2.38 bits per heavy atom. The smallest absolute Gasteiger partial charge is 0.254 e.